The van der Waals surface area contributed by atoms with Gasteiger partial charge < -0.3 is 21.5 Å². The Kier molecular flexibility index (Phi) is 6.83. The molecule has 0 amide bonds. The van der Waals surface area contributed by atoms with Gasteiger partial charge in [-0.3, -0.25) is 0 Å². The van der Waals surface area contributed by atoms with E-state index in [9.17, 15) is 5.11 Å². The molecule has 3 aliphatic rings. The first-order valence-corrected chi connectivity index (χ1v) is 12.1. The fourth-order valence-electron chi connectivity index (χ4n) is 6.63. The molecule has 0 aliphatic heterocycles. The van der Waals surface area contributed by atoms with Crippen molar-refractivity contribution >= 4 is 5.69 Å². The Morgan fingerprint density at radius 3 is 2.79 bits per heavy atom. The lowest BCUT2D eigenvalue weighted by atomic mass is 9.55. The van der Waals surface area contributed by atoms with Crippen molar-refractivity contribution in [2.45, 2.75) is 76.7 Å². The fraction of sp³-hybridized carbons (Fsp3) is 0.760. The van der Waals surface area contributed by atoms with E-state index in [0.717, 1.165) is 57.3 Å². The average Bonchev–Trinajstić information content (AvgIpc) is 3.04. The molecule has 0 radical (unpaired) electrons. The van der Waals surface area contributed by atoms with Gasteiger partial charge in [0.2, 0.25) is 0 Å². The summed E-state index contributed by atoms with van der Waals surface area (Å²) in [5, 5.41) is 17.7. The largest absolute Gasteiger partial charge is 0.393 e. The van der Waals surface area contributed by atoms with E-state index in [1.54, 1.807) is 11.1 Å². The van der Waals surface area contributed by atoms with E-state index in [1.165, 1.54) is 44.2 Å². The normalized spacial score (nSPS) is 33.1. The maximum absolute atomic E-state index is 10.6. The third kappa shape index (κ3) is 4.35. The van der Waals surface area contributed by atoms with E-state index in [1.807, 2.05) is 0 Å². The Balaban J connectivity index is 1.30. The fourth-order valence-corrected chi connectivity index (χ4v) is 6.63. The molecule has 0 saturated heterocycles. The monoisotopic (exact) mass is 399 g/mol. The quantitative estimate of drug-likeness (QED) is 0.473. The van der Waals surface area contributed by atoms with Gasteiger partial charge in [0.05, 0.1) is 6.10 Å². The summed E-state index contributed by atoms with van der Waals surface area (Å²) in [6, 6.07) is 7.12. The molecule has 4 nitrogen and oxygen atoms in total. The van der Waals surface area contributed by atoms with E-state index < -0.39 is 0 Å². The van der Waals surface area contributed by atoms with Crippen molar-refractivity contribution in [2.24, 2.45) is 23.0 Å². The summed E-state index contributed by atoms with van der Waals surface area (Å²) in [6.07, 6.45) is 10.6. The van der Waals surface area contributed by atoms with Crippen molar-refractivity contribution in [1.29, 1.82) is 0 Å². The lowest BCUT2D eigenvalue weighted by Crippen LogP contribution is -2.43. The first kappa shape index (κ1) is 21.1. The molecule has 2 saturated carbocycles. The number of fused-ring (bicyclic) bond motifs is 5. The number of benzene rings is 1. The van der Waals surface area contributed by atoms with Crippen LogP contribution in [-0.4, -0.2) is 37.4 Å². The zero-order valence-electron chi connectivity index (χ0n) is 18.3. The molecule has 0 spiro atoms. The summed E-state index contributed by atoms with van der Waals surface area (Å²) in [5.41, 5.74) is 10.2. The van der Waals surface area contributed by atoms with Crippen LogP contribution in [0.3, 0.4) is 0 Å². The Labute approximate surface area is 177 Å². The zero-order chi connectivity index (χ0) is 20.3. The summed E-state index contributed by atoms with van der Waals surface area (Å²) in [7, 11) is 0. The third-order valence-corrected chi connectivity index (χ3v) is 8.34. The van der Waals surface area contributed by atoms with E-state index >= 15 is 0 Å². The van der Waals surface area contributed by atoms with Gasteiger partial charge in [-0.15, -0.1) is 0 Å². The highest BCUT2D eigenvalue weighted by atomic mass is 16.3. The minimum absolute atomic E-state index is 0.0726. The molecule has 162 valence electrons. The van der Waals surface area contributed by atoms with Gasteiger partial charge in [-0.2, -0.15) is 0 Å². The van der Waals surface area contributed by atoms with Crippen LogP contribution in [0.5, 0.6) is 0 Å². The second kappa shape index (κ2) is 9.36. The molecular weight excluding hydrogens is 358 g/mol. The molecule has 5 atom stereocenters. The number of anilines is 1. The Morgan fingerprint density at radius 1 is 1.07 bits per heavy atom. The zero-order valence-corrected chi connectivity index (χ0v) is 18.3. The van der Waals surface area contributed by atoms with Crippen molar-refractivity contribution in [2.75, 3.05) is 31.5 Å². The smallest absolute Gasteiger partial charge is 0.0596 e. The van der Waals surface area contributed by atoms with Crippen molar-refractivity contribution in [3.05, 3.63) is 29.3 Å². The first-order chi connectivity index (χ1) is 14.1. The van der Waals surface area contributed by atoms with Crippen LogP contribution in [0.4, 0.5) is 5.69 Å². The van der Waals surface area contributed by atoms with Gasteiger partial charge in [-0.1, -0.05) is 13.0 Å². The maximum Gasteiger partial charge on any atom is 0.0596 e. The minimum Gasteiger partial charge on any atom is -0.393 e. The number of hydrogen-bond acceptors (Lipinski definition) is 4. The highest BCUT2D eigenvalue weighted by Gasteiger charge is 2.54. The number of aliphatic hydroxyl groups is 1. The number of hydrogen-bond donors (Lipinski definition) is 4. The number of aryl methyl sites for hydroxylation is 1. The Bertz CT molecular complexity index is 678. The lowest BCUT2D eigenvalue weighted by molar-refractivity contribution is -0.0226. The number of unbranched alkanes of at least 4 members (excludes halogenated alkanes) is 1. The molecular formula is C25H41N3O. The van der Waals surface area contributed by atoms with E-state index in [0.29, 0.717) is 5.92 Å². The highest BCUT2D eigenvalue weighted by molar-refractivity contribution is 5.51. The number of nitrogens with one attached hydrogen (secondary N) is 2. The highest BCUT2D eigenvalue weighted by Crippen LogP contribution is 2.60. The molecule has 0 heterocycles. The van der Waals surface area contributed by atoms with Crippen molar-refractivity contribution in [1.82, 2.24) is 5.32 Å². The van der Waals surface area contributed by atoms with Crippen LogP contribution >= 0.6 is 0 Å². The van der Waals surface area contributed by atoms with Gasteiger partial charge in [-0.05, 0) is 124 Å². The second-order valence-corrected chi connectivity index (χ2v) is 9.99. The van der Waals surface area contributed by atoms with Crippen LogP contribution in [0.25, 0.3) is 0 Å². The standard InChI is InChI=1S/C25H41N3O/c1-25-12-11-21-20-8-6-19(28-16-4-15-27-14-3-2-13-26)17-18(20)5-7-22(21)23(25)9-10-24(25)29/h6,8,17,21-24,27-29H,2-5,7,9-16,26H2,1H3/t21?,22?,23?,24?,25-/m0/s1. The molecule has 2 fully saturated rings. The molecule has 4 unspecified atom stereocenters. The number of aliphatic hydroxyl groups excluding tert-OH is 1. The van der Waals surface area contributed by atoms with Gasteiger partial charge in [0.25, 0.3) is 0 Å². The van der Waals surface area contributed by atoms with Gasteiger partial charge in [0.1, 0.15) is 0 Å². The number of rotatable bonds is 9. The topological polar surface area (TPSA) is 70.3 Å². The van der Waals surface area contributed by atoms with E-state index in [-0.39, 0.29) is 11.5 Å². The van der Waals surface area contributed by atoms with Gasteiger partial charge >= 0.3 is 0 Å². The van der Waals surface area contributed by atoms with Gasteiger partial charge in [0, 0.05) is 12.2 Å². The predicted molar refractivity (Wildman–Crippen MR) is 121 cm³/mol. The first-order valence-electron chi connectivity index (χ1n) is 12.1. The summed E-state index contributed by atoms with van der Waals surface area (Å²) in [4.78, 5) is 0. The summed E-state index contributed by atoms with van der Waals surface area (Å²) >= 11 is 0. The molecule has 29 heavy (non-hydrogen) atoms. The van der Waals surface area contributed by atoms with Crippen LogP contribution in [0.2, 0.25) is 0 Å². The molecule has 1 aromatic carbocycles. The molecule has 4 rings (SSSR count). The van der Waals surface area contributed by atoms with Gasteiger partial charge in [-0.25, -0.2) is 0 Å². The third-order valence-electron chi connectivity index (χ3n) is 8.34. The maximum atomic E-state index is 10.6. The van der Waals surface area contributed by atoms with Crippen molar-refractivity contribution in [3.63, 3.8) is 0 Å². The molecule has 5 N–H and O–H groups in total. The van der Waals surface area contributed by atoms with Crippen LogP contribution in [0.1, 0.15) is 75.3 Å². The summed E-state index contributed by atoms with van der Waals surface area (Å²) in [6.45, 7) is 6.33. The predicted octanol–water partition coefficient (Wildman–Crippen LogP) is 4.03. The molecule has 3 aliphatic carbocycles. The summed E-state index contributed by atoms with van der Waals surface area (Å²) in [5.74, 6) is 2.22. The Morgan fingerprint density at radius 2 is 1.93 bits per heavy atom. The van der Waals surface area contributed by atoms with Crippen molar-refractivity contribution in [3.8, 4) is 0 Å². The SMILES string of the molecule is C[C@]12CCC3c4ccc(NCCCNCCCCN)cc4CCC3C1CCC2O. The molecule has 1 aromatic rings. The van der Waals surface area contributed by atoms with E-state index in [4.69, 9.17) is 5.73 Å². The minimum atomic E-state index is -0.0726. The van der Waals surface area contributed by atoms with Crippen LogP contribution < -0.4 is 16.4 Å². The average molecular weight is 400 g/mol. The molecule has 0 aromatic heterocycles. The molecule has 0 bridgehead atoms. The second-order valence-electron chi connectivity index (χ2n) is 9.99. The van der Waals surface area contributed by atoms with E-state index in [2.05, 4.69) is 35.8 Å². The summed E-state index contributed by atoms with van der Waals surface area (Å²) < 4.78 is 0. The Hall–Kier alpha value is -1.10. The van der Waals surface area contributed by atoms with Crippen molar-refractivity contribution < 1.29 is 5.11 Å². The molecule has 4 heteroatoms. The van der Waals surface area contributed by atoms with Crippen LogP contribution in [0, 0.1) is 17.3 Å². The van der Waals surface area contributed by atoms with Gasteiger partial charge in [0.15, 0.2) is 0 Å². The van der Waals surface area contributed by atoms with Crippen LogP contribution in [-0.2, 0) is 6.42 Å². The number of nitrogens with two attached hydrogens (primary N) is 1. The van der Waals surface area contributed by atoms with Crippen LogP contribution in [0.15, 0.2) is 18.2 Å². The lowest BCUT2D eigenvalue weighted by Gasteiger charge is -2.50.